The Morgan fingerprint density at radius 1 is 1.00 bits per heavy atom. The smallest absolute Gasteiger partial charge is 0.375 e. The average Bonchev–Trinajstić information content (AvgIpc) is 2.99. The van der Waals surface area contributed by atoms with Crippen LogP contribution in [0.5, 0.6) is 0 Å². The van der Waals surface area contributed by atoms with Gasteiger partial charge in [0.2, 0.25) is 5.76 Å². The lowest BCUT2D eigenvalue weighted by atomic mass is 10.0. The Morgan fingerprint density at radius 2 is 1.67 bits per heavy atom. The number of rotatable bonds is 5. The van der Waals surface area contributed by atoms with Gasteiger partial charge in [0, 0.05) is 16.6 Å². The highest BCUT2D eigenvalue weighted by atomic mass is 16.6. The summed E-state index contributed by atoms with van der Waals surface area (Å²) >= 11 is 0. The number of carbonyl (C=O) groups is 2. The molecule has 1 heterocycles. The summed E-state index contributed by atoms with van der Waals surface area (Å²) in [5.41, 5.74) is 3.07. The van der Waals surface area contributed by atoms with Crippen molar-refractivity contribution in [2.24, 2.45) is 0 Å². The summed E-state index contributed by atoms with van der Waals surface area (Å²) in [6.07, 6.45) is -0.953. The molecule has 3 rings (SSSR count). The Kier molecular flexibility index (Phi) is 5.31. The van der Waals surface area contributed by atoms with Crippen LogP contribution in [0.25, 0.3) is 11.0 Å². The summed E-state index contributed by atoms with van der Waals surface area (Å²) in [5, 5.41) is 3.70. The zero-order valence-corrected chi connectivity index (χ0v) is 15.9. The monoisotopic (exact) mass is 365 g/mol. The van der Waals surface area contributed by atoms with Crippen molar-refractivity contribution in [3.8, 4) is 0 Å². The molecule has 140 valence electrons. The lowest BCUT2D eigenvalue weighted by Crippen LogP contribution is -2.30. The second kappa shape index (κ2) is 7.66. The summed E-state index contributed by atoms with van der Waals surface area (Å²) in [7, 11) is 0. The van der Waals surface area contributed by atoms with E-state index in [-0.39, 0.29) is 17.6 Å². The lowest BCUT2D eigenvalue weighted by molar-refractivity contribution is -0.123. The summed E-state index contributed by atoms with van der Waals surface area (Å²) in [4.78, 5) is 25.0. The molecule has 1 amide bonds. The predicted molar refractivity (Wildman–Crippen MR) is 105 cm³/mol. The maximum Gasteiger partial charge on any atom is 0.375 e. The standard InChI is InChI=1S/C22H23NO4/c1-13(2)16-9-5-7-11-18(16)23-21(24)15(4)26-22(25)20-14(3)17-10-6-8-12-19(17)27-20/h5-13,15H,1-4H3,(H,23,24)/t15-/m0/s1. The van der Waals surface area contributed by atoms with Crippen molar-refractivity contribution < 1.29 is 18.7 Å². The Balaban J connectivity index is 1.72. The van der Waals surface area contributed by atoms with Crippen molar-refractivity contribution in [3.63, 3.8) is 0 Å². The number of aryl methyl sites for hydroxylation is 1. The third-order valence-corrected chi connectivity index (χ3v) is 4.52. The molecule has 0 saturated heterocycles. The first-order chi connectivity index (χ1) is 12.9. The molecule has 0 aliphatic carbocycles. The number of benzene rings is 2. The molecule has 27 heavy (non-hydrogen) atoms. The largest absolute Gasteiger partial charge is 0.449 e. The van der Waals surface area contributed by atoms with Gasteiger partial charge in [0.05, 0.1) is 0 Å². The maximum atomic E-state index is 12.5. The van der Waals surface area contributed by atoms with E-state index < -0.39 is 12.1 Å². The number of hydrogen-bond donors (Lipinski definition) is 1. The molecule has 0 bridgehead atoms. The third-order valence-electron chi connectivity index (χ3n) is 4.52. The van der Waals surface area contributed by atoms with Gasteiger partial charge in [-0.2, -0.15) is 0 Å². The topological polar surface area (TPSA) is 68.5 Å². The number of amides is 1. The van der Waals surface area contributed by atoms with Crippen LogP contribution in [0.2, 0.25) is 0 Å². The molecule has 1 aromatic heterocycles. The first-order valence-electron chi connectivity index (χ1n) is 8.97. The SMILES string of the molecule is Cc1c(C(=O)O[C@@H](C)C(=O)Nc2ccccc2C(C)C)oc2ccccc12. The second-order valence-electron chi connectivity index (χ2n) is 6.83. The maximum absolute atomic E-state index is 12.5. The van der Waals surface area contributed by atoms with E-state index in [2.05, 4.69) is 19.2 Å². The fourth-order valence-corrected chi connectivity index (χ4v) is 2.99. The van der Waals surface area contributed by atoms with E-state index in [4.69, 9.17) is 9.15 Å². The van der Waals surface area contributed by atoms with E-state index in [1.165, 1.54) is 0 Å². The summed E-state index contributed by atoms with van der Waals surface area (Å²) < 4.78 is 10.9. The first-order valence-corrected chi connectivity index (χ1v) is 8.97. The molecule has 1 atom stereocenters. The third kappa shape index (κ3) is 3.87. The minimum absolute atomic E-state index is 0.124. The highest BCUT2D eigenvalue weighted by Gasteiger charge is 2.24. The van der Waals surface area contributed by atoms with Gasteiger partial charge < -0.3 is 14.5 Å². The zero-order valence-electron chi connectivity index (χ0n) is 15.9. The van der Waals surface area contributed by atoms with Crippen molar-refractivity contribution in [2.75, 3.05) is 5.32 Å². The molecule has 0 radical (unpaired) electrons. The molecule has 0 aliphatic rings. The number of fused-ring (bicyclic) bond motifs is 1. The molecular weight excluding hydrogens is 342 g/mol. The number of furan rings is 1. The van der Waals surface area contributed by atoms with Crippen molar-refractivity contribution >= 4 is 28.5 Å². The van der Waals surface area contributed by atoms with Crippen LogP contribution in [0, 0.1) is 6.92 Å². The summed E-state index contributed by atoms with van der Waals surface area (Å²) in [6, 6.07) is 15.0. The molecule has 0 fully saturated rings. The molecule has 5 heteroatoms. The van der Waals surface area contributed by atoms with Crippen molar-refractivity contribution in [1.82, 2.24) is 0 Å². The molecule has 0 aliphatic heterocycles. The van der Waals surface area contributed by atoms with Crippen molar-refractivity contribution in [3.05, 3.63) is 65.4 Å². The van der Waals surface area contributed by atoms with Crippen LogP contribution in [0.4, 0.5) is 5.69 Å². The number of nitrogens with one attached hydrogen (secondary N) is 1. The summed E-state index contributed by atoms with van der Waals surface area (Å²) in [6.45, 7) is 7.45. The van der Waals surface area contributed by atoms with Gasteiger partial charge in [-0.15, -0.1) is 0 Å². The number of ether oxygens (including phenoxy) is 1. The lowest BCUT2D eigenvalue weighted by Gasteiger charge is -2.16. The molecule has 2 aromatic carbocycles. The molecule has 3 aromatic rings. The number of hydrogen-bond acceptors (Lipinski definition) is 4. The molecule has 5 nitrogen and oxygen atoms in total. The van der Waals surface area contributed by atoms with Crippen LogP contribution in [-0.4, -0.2) is 18.0 Å². The quantitative estimate of drug-likeness (QED) is 0.643. The average molecular weight is 365 g/mol. The van der Waals surface area contributed by atoms with Crippen molar-refractivity contribution in [1.29, 1.82) is 0 Å². The van der Waals surface area contributed by atoms with Gasteiger partial charge in [-0.1, -0.05) is 50.2 Å². The van der Waals surface area contributed by atoms with E-state index >= 15 is 0 Å². The minimum atomic E-state index is -0.953. The van der Waals surface area contributed by atoms with Gasteiger partial charge in [-0.05, 0) is 37.5 Å². The van der Waals surface area contributed by atoms with Crippen LogP contribution in [-0.2, 0) is 9.53 Å². The molecular formula is C22H23NO4. The first kappa shape index (κ1) is 18.7. The highest BCUT2D eigenvalue weighted by Crippen LogP contribution is 2.26. The molecule has 0 spiro atoms. The van der Waals surface area contributed by atoms with Crippen LogP contribution in [0.1, 0.15) is 48.4 Å². The van der Waals surface area contributed by atoms with E-state index in [0.717, 1.165) is 16.6 Å². The van der Waals surface area contributed by atoms with Gasteiger partial charge in [0.15, 0.2) is 6.10 Å². The van der Waals surface area contributed by atoms with Gasteiger partial charge >= 0.3 is 5.97 Å². The van der Waals surface area contributed by atoms with Gasteiger partial charge in [-0.25, -0.2) is 4.79 Å². The van der Waals surface area contributed by atoms with Gasteiger partial charge in [0.25, 0.3) is 5.91 Å². The predicted octanol–water partition coefficient (Wildman–Crippen LogP) is 5.05. The zero-order chi connectivity index (χ0) is 19.6. The number of esters is 1. The van der Waals surface area contributed by atoms with Crippen LogP contribution >= 0.6 is 0 Å². The normalized spacial score (nSPS) is 12.2. The Morgan fingerprint density at radius 3 is 2.37 bits per heavy atom. The van der Waals surface area contributed by atoms with Crippen molar-refractivity contribution in [2.45, 2.75) is 39.7 Å². The molecule has 1 N–H and O–H groups in total. The second-order valence-corrected chi connectivity index (χ2v) is 6.83. The van der Waals surface area contributed by atoms with E-state index in [9.17, 15) is 9.59 Å². The van der Waals surface area contributed by atoms with E-state index in [1.807, 2.05) is 42.5 Å². The fraction of sp³-hybridized carbons (Fsp3) is 0.273. The highest BCUT2D eigenvalue weighted by molar-refractivity contribution is 5.99. The number of para-hydroxylation sites is 2. The van der Waals surface area contributed by atoms with E-state index in [0.29, 0.717) is 11.1 Å². The van der Waals surface area contributed by atoms with Gasteiger partial charge in [0.1, 0.15) is 5.58 Å². The van der Waals surface area contributed by atoms with E-state index in [1.54, 1.807) is 19.9 Å². The van der Waals surface area contributed by atoms with Gasteiger partial charge in [-0.3, -0.25) is 4.79 Å². The number of anilines is 1. The molecule has 0 unspecified atom stereocenters. The van der Waals surface area contributed by atoms with Crippen LogP contribution < -0.4 is 5.32 Å². The summed E-state index contributed by atoms with van der Waals surface area (Å²) in [5.74, 6) is -0.648. The van der Waals surface area contributed by atoms with Crippen LogP contribution in [0.3, 0.4) is 0 Å². The molecule has 0 saturated carbocycles. The van der Waals surface area contributed by atoms with Crippen LogP contribution in [0.15, 0.2) is 52.9 Å². The number of carbonyl (C=O) groups excluding carboxylic acids is 2. The Hall–Kier alpha value is -3.08. The Labute approximate surface area is 158 Å². The minimum Gasteiger partial charge on any atom is -0.449 e. The Bertz CT molecular complexity index is 987. The fourth-order valence-electron chi connectivity index (χ4n) is 2.99.